The Bertz CT molecular complexity index is 214. The molecular weight excluding hydrogens is 183 g/mol. The highest BCUT2D eigenvalue weighted by molar-refractivity contribution is 7.44. The van der Waals surface area contributed by atoms with E-state index >= 15 is 0 Å². The molecule has 0 spiro atoms. The Morgan fingerprint density at radius 2 is 2.15 bits per heavy atom. The Morgan fingerprint density at radius 3 is 2.62 bits per heavy atom. The Hall–Kier alpha value is -0.200. The van der Waals surface area contributed by atoms with Crippen LogP contribution in [0.5, 0.6) is 0 Å². The van der Waals surface area contributed by atoms with Crippen molar-refractivity contribution in [2.75, 3.05) is 6.61 Å². The normalized spacial score (nSPS) is 15.0. The molecule has 13 heavy (non-hydrogen) atoms. The highest BCUT2D eigenvalue weighted by atomic mass is 31.1. The summed E-state index contributed by atoms with van der Waals surface area (Å²) < 4.78 is 24.4. The molecule has 0 fully saturated rings. The zero-order valence-corrected chi connectivity index (χ0v) is 9.69. The molecule has 0 saturated carbocycles. The monoisotopic (exact) mass is 204 g/mol. The van der Waals surface area contributed by atoms with Crippen molar-refractivity contribution in [2.24, 2.45) is 0 Å². The molecule has 1 atom stereocenters. The minimum Gasteiger partial charge on any atom is -0.142 e. The molecule has 0 aromatic carbocycles. The van der Waals surface area contributed by atoms with Crippen LogP contribution >= 0.6 is 8.03 Å². The van der Waals surface area contributed by atoms with E-state index in [1.165, 1.54) is 0 Å². The highest BCUT2D eigenvalue weighted by Gasteiger charge is 2.23. The maximum Gasteiger partial charge on any atom is 0.543 e. The van der Waals surface area contributed by atoms with Crippen LogP contribution in [-0.4, -0.2) is 6.61 Å². The summed E-state index contributed by atoms with van der Waals surface area (Å²) in [6, 6.07) is 0.504. The third kappa shape index (κ3) is 5.95. The molecule has 76 valence electrons. The molecule has 0 amide bonds. The molecule has 0 N–H and O–H groups in total. The van der Waals surface area contributed by atoms with Gasteiger partial charge in [0, 0.05) is 6.42 Å². The third-order valence-electron chi connectivity index (χ3n) is 1.53. The summed E-state index contributed by atoms with van der Waals surface area (Å²) in [7, 11) is -1.76. The van der Waals surface area contributed by atoms with Gasteiger partial charge in [0.2, 0.25) is 0 Å². The molecular formula is C10H20O2P+. The molecule has 0 aromatic heterocycles. The molecule has 0 heterocycles. The van der Waals surface area contributed by atoms with Crippen molar-refractivity contribution in [3.05, 3.63) is 11.4 Å². The Balaban J connectivity index is 4.55. The first kappa shape index (κ1) is 10.9. The van der Waals surface area contributed by atoms with Gasteiger partial charge in [-0.3, -0.25) is 0 Å². The number of hydrogen-bond acceptors (Lipinski definition) is 2. The molecule has 1 unspecified atom stereocenters. The van der Waals surface area contributed by atoms with Crippen molar-refractivity contribution in [1.29, 1.82) is 0 Å². The summed E-state index contributed by atoms with van der Waals surface area (Å²) in [5, 5.41) is 0.700. The SMILES string of the molecule is [2H]/C(CCC)=C(/CCC)[P+](=O)OCC. The summed E-state index contributed by atoms with van der Waals surface area (Å²) in [4.78, 5) is 0. The molecule has 0 radical (unpaired) electrons. The van der Waals surface area contributed by atoms with Crippen molar-refractivity contribution in [3.63, 3.8) is 0 Å². The molecule has 0 bridgehead atoms. The van der Waals surface area contributed by atoms with Crippen LogP contribution in [0.2, 0.25) is 0 Å². The van der Waals surface area contributed by atoms with E-state index in [0.717, 1.165) is 12.8 Å². The van der Waals surface area contributed by atoms with E-state index in [1.807, 2.05) is 20.8 Å². The fraction of sp³-hybridized carbons (Fsp3) is 0.800. The van der Waals surface area contributed by atoms with E-state index in [-0.39, 0.29) is 0 Å². The fourth-order valence-electron chi connectivity index (χ4n) is 0.945. The van der Waals surface area contributed by atoms with Crippen LogP contribution in [0.1, 0.15) is 47.8 Å². The van der Waals surface area contributed by atoms with E-state index in [2.05, 4.69) is 0 Å². The van der Waals surface area contributed by atoms with E-state index in [1.54, 1.807) is 0 Å². The Labute approximate surface area is 83.6 Å². The van der Waals surface area contributed by atoms with Crippen molar-refractivity contribution >= 4 is 8.03 Å². The first-order chi connectivity index (χ1) is 6.67. The minimum atomic E-state index is -1.76. The molecule has 0 aliphatic carbocycles. The Morgan fingerprint density at radius 1 is 1.46 bits per heavy atom. The predicted molar refractivity (Wildman–Crippen MR) is 57.1 cm³/mol. The number of allylic oxidation sites excluding steroid dienone is 2. The molecule has 0 rings (SSSR count). The average molecular weight is 204 g/mol. The fourth-order valence-corrected chi connectivity index (χ4v) is 1.98. The maximum absolute atomic E-state index is 11.6. The quantitative estimate of drug-likeness (QED) is 0.579. The maximum atomic E-state index is 11.6. The largest absolute Gasteiger partial charge is 0.543 e. The summed E-state index contributed by atoms with van der Waals surface area (Å²) in [6.45, 7) is 6.31. The minimum absolute atomic E-state index is 0.446. The summed E-state index contributed by atoms with van der Waals surface area (Å²) in [5.74, 6) is 0. The second kappa shape index (κ2) is 8.40. The van der Waals surface area contributed by atoms with Gasteiger partial charge in [-0.05, 0) is 30.4 Å². The molecule has 2 nitrogen and oxygen atoms in total. The molecule has 3 heteroatoms. The van der Waals surface area contributed by atoms with Gasteiger partial charge >= 0.3 is 8.03 Å². The van der Waals surface area contributed by atoms with E-state index in [0.29, 0.717) is 30.8 Å². The molecule has 0 aliphatic heterocycles. The van der Waals surface area contributed by atoms with Crippen LogP contribution in [0.15, 0.2) is 11.4 Å². The van der Waals surface area contributed by atoms with Crippen molar-refractivity contribution in [1.82, 2.24) is 0 Å². The lowest BCUT2D eigenvalue weighted by atomic mass is 10.2. The van der Waals surface area contributed by atoms with Crippen molar-refractivity contribution < 1.29 is 10.5 Å². The van der Waals surface area contributed by atoms with Crippen LogP contribution < -0.4 is 0 Å². The predicted octanol–water partition coefficient (Wildman–Crippen LogP) is 4.25. The van der Waals surface area contributed by atoms with Gasteiger partial charge in [0.05, 0.1) is 1.37 Å². The lowest BCUT2D eigenvalue weighted by molar-refractivity contribution is 0.354. The van der Waals surface area contributed by atoms with Crippen LogP contribution in [0.4, 0.5) is 0 Å². The Kier molecular flexibility index (Phi) is 7.03. The van der Waals surface area contributed by atoms with Crippen molar-refractivity contribution in [2.45, 2.75) is 46.5 Å². The zero-order chi connectivity index (χ0) is 11.0. The van der Waals surface area contributed by atoms with Crippen LogP contribution in [0.25, 0.3) is 0 Å². The highest BCUT2D eigenvalue weighted by Crippen LogP contribution is 2.36. The zero-order valence-electron chi connectivity index (χ0n) is 9.80. The van der Waals surface area contributed by atoms with E-state index < -0.39 is 8.03 Å². The van der Waals surface area contributed by atoms with Gasteiger partial charge in [-0.1, -0.05) is 20.3 Å². The molecule has 0 aliphatic rings. The van der Waals surface area contributed by atoms with Gasteiger partial charge in [0.15, 0.2) is 5.31 Å². The second-order valence-corrected chi connectivity index (χ2v) is 4.11. The van der Waals surface area contributed by atoms with Gasteiger partial charge in [-0.25, -0.2) is 0 Å². The molecule has 0 saturated heterocycles. The van der Waals surface area contributed by atoms with Gasteiger partial charge in [-0.15, -0.1) is 4.52 Å². The van der Waals surface area contributed by atoms with Gasteiger partial charge in [-0.2, -0.15) is 0 Å². The lowest BCUT2D eigenvalue weighted by Gasteiger charge is -1.92. The van der Waals surface area contributed by atoms with Gasteiger partial charge < -0.3 is 0 Å². The van der Waals surface area contributed by atoms with Gasteiger partial charge in [0.25, 0.3) is 0 Å². The second-order valence-electron chi connectivity index (χ2n) is 2.80. The van der Waals surface area contributed by atoms with Crippen molar-refractivity contribution in [3.8, 4) is 0 Å². The standard InChI is InChI=1S/C10H20O2P/c1-4-7-9-10(8-5-2)13(11)12-6-3/h9H,4-8H2,1-3H3/q+1/b10-9+/i9D. The number of rotatable bonds is 7. The first-order valence-electron chi connectivity index (χ1n) is 5.46. The third-order valence-corrected chi connectivity index (χ3v) is 2.85. The van der Waals surface area contributed by atoms with Crippen LogP contribution in [0, 0.1) is 0 Å². The topological polar surface area (TPSA) is 26.3 Å². The molecule has 0 aromatic rings. The summed E-state index contributed by atoms with van der Waals surface area (Å²) in [6.07, 6.45) is 3.24. The van der Waals surface area contributed by atoms with Gasteiger partial charge in [0.1, 0.15) is 6.61 Å². The summed E-state index contributed by atoms with van der Waals surface area (Å²) >= 11 is 0. The van der Waals surface area contributed by atoms with Crippen LogP contribution in [0.3, 0.4) is 0 Å². The van der Waals surface area contributed by atoms with Crippen LogP contribution in [-0.2, 0) is 9.09 Å². The van der Waals surface area contributed by atoms with E-state index in [4.69, 9.17) is 5.89 Å². The lowest BCUT2D eigenvalue weighted by Crippen LogP contribution is -1.83. The average Bonchev–Trinajstić information content (AvgIpc) is 2.14. The number of hydrogen-bond donors (Lipinski definition) is 0. The first-order valence-corrected chi connectivity index (χ1v) is 6.13. The van der Waals surface area contributed by atoms with E-state index in [9.17, 15) is 4.57 Å². The summed E-state index contributed by atoms with van der Waals surface area (Å²) in [5.41, 5.74) is 0. The smallest absolute Gasteiger partial charge is 0.142 e.